The van der Waals surface area contributed by atoms with E-state index in [1.54, 1.807) is 0 Å². The first kappa shape index (κ1) is 20.8. The van der Waals surface area contributed by atoms with Crippen LogP contribution in [0, 0.1) is 0 Å². The maximum Gasteiger partial charge on any atom is 0.254 e. The second-order valence-corrected chi connectivity index (χ2v) is 10.9. The fourth-order valence-corrected chi connectivity index (χ4v) is 8.06. The number of aromatic nitrogens is 2. The van der Waals surface area contributed by atoms with Gasteiger partial charge in [-0.25, -0.2) is 0 Å². The van der Waals surface area contributed by atoms with Gasteiger partial charge < -0.3 is 29.6 Å². The number of hydrogen-bond acceptors (Lipinski definition) is 4. The largest absolute Gasteiger partial charge is 0.377 e. The number of ether oxygens (including phenoxy) is 1. The zero-order chi connectivity index (χ0) is 24.5. The first-order valence-electron chi connectivity index (χ1n) is 12.7. The molecule has 7 heteroatoms. The highest BCUT2D eigenvalue weighted by atomic mass is 16.5. The average molecular weight is 481 g/mol. The maximum absolute atomic E-state index is 13.4. The molecule has 8 rings (SSSR count). The molecule has 2 aliphatic heterocycles. The van der Waals surface area contributed by atoms with Crippen LogP contribution in [0.2, 0.25) is 0 Å². The van der Waals surface area contributed by atoms with Crippen LogP contribution in [0.4, 0.5) is 0 Å². The number of nitrogens with zero attached hydrogens (tertiary/aromatic N) is 2. The number of amides is 1. The van der Waals surface area contributed by atoms with Gasteiger partial charge in [0.05, 0.1) is 28.2 Å². The van der Waals surface area contributed by atoms with Gasteiger partial charge in [-0.05, 0) is 38.9 Å². The average Bonchev–Trinajstić information content (AvgIpc) is 3.48. The van der Waals surface area contributed by atoms with E-state index in [0.29, 0.717) is 11.1 Å². The van der Waals surface area contributed by atoms with E-state index in [2.05, 4.69) is 63.1 Å². The molecular formula is C29H28N4O3. The van der Waals surface area contributed by atoms with Gasteiger partial charge in [-0.1, -0.05) is 36.4 Å². The van der Waals surface area contributed by atoms with Crippen LogP contribution in [0.1, 0.15) is 48.0 Å². The fourth-order valence-electron chi connectivity index (χ4n) is 8.06. The molecular weight excluding hydrogens is 452 g/mol. The number of rotatable bonds is 2. The van der Waals surface area contributed by atoms with Crippen molar-refractivity contribution < 1.29 is 14.6 Å². The van der Waals surface area contributed by atoms with E-state index in [1.807, 2.05) is 26.3 Å². The number of aliphatic hydroxyl groups is 1. The Morgan fingerprint density at radius 3 is 2.47 bits per heavy atom. The molecule has 1 saturated carbocycles. The van der Waals surface area contributed by atoms with Crippen molar-refractivity contribution in [3.8, 4) is 0 Å². The molecule has 4 heterocycles. The molecule has 3 aromatic carbocycles. The molecule has 5 aromatic rings. The number of benzene rings is 3. The van der Waals surface area contributed by atoms with Crippen molar-refractivity contribution in [2.45, 2.75) is 49.7 Å². The maximum atomic E-state index is 13.4. The van der Waals surface area contributed by atoms with Crippen molar-refractivity contribution in [2.75, 3.05) is 14.2 Å². The predicted molar refractivity (Wildman–Crippen MR) is 140 cm³/mol. The van der Waals surface area contributed by atoms with E-state index < -0.39 is 6.23 Å². The van der Waals surface area contributed by atoms with Gasteiger partial charge in [0.2, 0.25) is 0 Å². The van der Waals surface area contributed by atoms with Gasteiger partial charge in [0.25, 0.3) is 5.91 Å². The normalized spacial score (nSPS) is 28.9. The highest BCUT2D eigenvalue weighted by molar-refractivity contribution is 6.31. The van der Waals surface area contributed by atoms with Gasteiger partial charge in [0.1, 0.15) is 0 Å². The van der Waals surface area contributed by atoms with Crippen molar-refractivity contribution in [3.63, 3.8) is 0 Å². The monoisotopic (exact) mass is 480 g/mol. The number of carbonyl (C=O) groups excluding carboxylic acids is 1. The van der Waals surface area contributed by atoms with E-state index in [-0.39, 0.29) is 29.6 Å². The predicted octanol–water partition coefficient (Wildman–Crippen LogP) is 4.30. The van der Waals surface area contributed by atoms with Gasteiger partial charge in [-0.2, -0.15) is 0 Å². The van der Waals surface area contributed by atoms with Gasteiger partial charge in [-0.3, -0.25) is 4.79 Å². The number of hydrogen-bond donors (Lipinski definition) is 3. The summed E-state index contributed by atoms with van der Waals surface area (Å²) < 4.78 is 11.2. The Labute approximate surface area is 207 Å². The number of para-hydroxylation sites is 2. The lowest BCUT2D eigenvalue weighted by atomic mass is 9.74. The second kappa shape index (κ2) is 6.68. The Bertz CT molecular complexity index is 1780. The summed E-state index contributed by atoms with van der Waals surface area (Å²) in [6, 6.07) is 17.2. The Morgan fingerprint density at radius 2 is 1.75 bits per heavy atom. The molecule has 2 aromatic heterocycles. The minimum Gasteiger partial charge on any atom is -0.377 e. The zero-order valence-electron chi connectivity index (χ0n) is 20.5. The third kappa shape index (κ3) is 2.15. The Balaban J connectivity index is 1.73. The van der Waals surface area contributed by atoms with E-state index in [4.69, 9.17) is 4.74 Å². The van der Waals surface area contributed by atoms with Crippen molar-refractivity contribution in [1.82, 2.24) is 19.8 Å². The molecule has 5 atom stereocenters. The lowest BCUT2D eigenvalue weighted by molar-refractivity contribution is -0.0528. The molecule has 3 N–H and O–H groups in total. The summed E-state index contributed by atoms with van der Waals surface area (Å²) in [5.41, 5.74) is 5.36. The quantitative estimate of drug-likeness (QED) is 0.352. The van der Waals surface area contributed by atoms with Crippen LogP contribution in [0.15, 0.2) is 48.5 Å². The zero-order valence-corrected chi connectivity index (χ0v) is 20.5. The summed E-state index contributed by atoms with van der Waals surface area (Å²) in [6.45, 7) is 2.32. The number of aliphatic hydroxyl groups excluding tert-OH is 1. The van der Waals surface area contributed by atoms with Crippen LogP contribution >= 0.6 is 0 Å². The van der Waals surface area contributed by atoms with E-state index in [9.17, 15) is 9.90 Å². The summed E-state index contributed by atoms with van der Waals surface area (Å²) in [5, 5.41) is 21.6. The van der Waals surface area contributed by atoms with Crippen molar-refractivity contribution >= 4 is 49.5 Å². The minimum atomic E-state index is -1.04. The smallest absolute Gasteiger partial charge is 0.254 e. The molecule has 0 spiro atoms. The highest BCUT2D eigenvalue weighted by Crippen LogP contribution is 2.55. The lowest BCUT2D eigenvalue weighted by Crippen LogP contribution is -2.58. The first-order chi connectivity index (χ1) is 17.5. The minimum absolute atomic E-state index is 0.0541. The molecule has 7 nitrogen and oxygen atoms in total. The number of likely N-dealkylation sites (N-methyl/N-ethyl adjacent to an activating group) is 1. The van der Waals surface area contributed by atoms with Gasteiger partial charge in [0.15, 0.2) is 6.23 Å². The fraction of sp³-hybridized carbons (Fsp3) is 0.345. The van der Waals surface area contributed by atoms with E-state index >= 15 is 0 Å². The Morgan fingerprint density at radius 1 is 1.06 bits per heavy atom. The van der Waals surface area contributed by atoms with Crippen LogP contribution in [0.5, 0.6) is 0 Å². The Hall–Kier alpha value is -3.39. The van der Waals surface area contributed by atoms with E-state index in [1.165, 1.54) is 0 Å². The topological polar surface area (TPSA) is 80.5 Å². The molecule has 2 bridgehead atoms. The summed E-state index contributed by atoms with van der Waals surface area (Å²) in [5.74, 6) is -0.208. The number of carbonyl (C=O) groups is 1. The lowest BCUT2D eigenvalue weighted by Gasteiger charge is -2.48. The molecule has 0 saturated heterocycles. The third-order valence-corrected chi connectivity index (χ3v) is 9.22. The summed E-state index contributed by atoms with van der Waals surface area (Å²) in [4.78, 5) is 13.4. The molecule has 182 valence electrons. The molecule has 0 radical (unpaired) electrons. The van der Waals surface area contributed by atoms with Crippen LogP contribution in [0.25, 0.3) is 43.6 Å². The van der Waals surface area contributed by atoms with Crippen LogP contribution < -0.4 is 10.6 Å². The van der Waals surface area contributed by atoms with Crippen LogP contribution in [-0.2, 0) is 10.3 Å². The summed E-state index contributed by atoms with van der Waals surface area (Å²) >= 11 is 0. The molecule has 1 amide bonds. The first-order valence-corrected chi connectivity index (χ1v) is 12.7. The van der Waals surface area contributed by atoms with Crippen molar-refractivity contribution in [3.05, 3.63) is 59.7 Å². The molecule has 3 aliphatic rings. The molecule has 1 aliphatic carbocycles. The third-order valence-electron chi connectivity index (χ3n) is 9.22. The number of fused-ring (bicyclic) bond motifs is 13. The standard InChI is InChI=1S/C29H28N4O3/c1-29-13-14(12-17(30-2)26(29)36-3)32-18-10-6-4-8-15(18)20-22-23(28(35)31-27(22)34)21-16-9-5-7-11-19(16)33(29)25(21)24(20)32/h4-11,14,17,26,28,30,35H,12-13H2,1-3H3,(H,31,34)/t14-,17-,26-,28-,29+/m1/s1. The molecule has 0 unspecified atom stereocenters. The van der Waals surface area contributed by atoms with Crippen LogP contribution in [-0.4, -0.2) is 46.5 Å². The Kier molecular flexibility index (Phi) is 3.85. The summed E-state index contributed by atoms with van der Waals surface area (Å²) in [7, 11) is 3.83. The second-order valence-electron chi connectivity index (χ2n) is 10.9. The van der Waals surface area contributed by atoms with Gasteiger partial charge >= 0.3 is 0 Å². The number of nitrogens with one attached hydrogen (secondary N) is 2. The van der Waals surface area contributed by atoms with Crippen LogP contribution in [0.3, 0.4) is 0 Å². The summed E-state index contributed by atoms with van der Waals surface area (Å²) in [6.07, 6.45) is 0.729. The van der Waals surface area contributed by atoms with E-state index in [0.717, 1.165) is 56.5 Å². The van der Waals surface area contributed by atoms with Crippen molar-refractivity contribution in [1.29, 1.82) is 0 Å². The SMILES string of the molecule is CN[C@@H]1C[C@@H]2C[C@@](C)([C@@H]1OC)n1c3ccccc3c3c4c(c5c6ccccc6n2c5c31)C(=O)N[C@@H]4O. The van der Waals surface area contributed by atoms with Crippen molar-refractivity contribution in [2.24, 2.45) is 0 Å². The molecule has 36 heavy (non-hydrogen) atoms. The van der Waals surface area contributed by atoms with Gasteiger partial charge in [-0.15, -0.1) is 0 Å². The highest BCUT2D eigenvalue weighted by Gasteiger charge is 2.52. The number of methoxy groups -OCH3 is 1. The van der Waals surface area contributed by atoms with Gasteiger partial charge in [0, 0.05) is 57.3 Å². The molecule has 1 fully saturated rings.